The number of likely N-dealkylation sites (tertiary alicyclic amines) is 1. The molecule has 0 aromatic heterocycles. The van der Waals surface area contributed by atoms with E-state index in [1.807, 2.05) is 38.1 Å². The first-order valence-corrected chi connectivity index (χ1v) is 8.03. The molecule has 2 N–H and O–H groups in total. The van der Waals surface area contributed by atoms with Gasteiger partial charge in [-0.1, -0.05) is 6.07 Å². The molecule has 0 radical (unpaired) electrons. The Morgan fingerprint density at radius 1 is 1.29 bits per heavy atom. The Kier molecular flexibility index (Phi) is 4.15. The third kappa shape index (κ3) is 3.76. The van der Waals surface area contributed by atoms with Gasteiger partial charge >= 0.3 is 0 Å². The van der Waals surface area contributed by atoms with Crippen LogP contribution in [-0.2, 0) is 0 Å². The minimum absolute atomic E-state index is 0.000297. The topological polar surface area (TPSA) is 44.4 Å². The lowest BCUT2D eigenvalue weighted by Gasteiger charge is -2.17. The van der Waals surface area contributed by atoms with Gasteiger partial charge in [0.05, 0.1) is 0 Å². The molecule has 1 heterocycles. The summed E-state index contributed by atoms with van der Waals surface area (Å²) in [5, 5.41) is 6.52. The summed E-state index contributed by atoms with van der Waals surface area (Å²) in [7, 11) is 0. The van der Waals surface area contributed by atoms with Crippen LogP contribution in [-0.4, -0.2) is 42.0 Å². The minimum Gasteiger partial charge on any atom is -0.381 e. The molecule has 1 saturated carbocycles. The Bertz CT molecular complexity index is 511. The van der Waals surface area contributed by atoms with Gasteiger partial charge in [0, 0.05) is 42.5 Å². The van der Waals surface area contributed by atoms with Crippen molar-refractivity contribution < 1.29 is 4.79 Å². The van der Waals surface area contributed by atoms with Gasteiger partial charge in [-0.05, 0) is 51.3 Å². The van der Waals surface area contributed by atoms with Gasteiger partial charge in [0.15, 0.2) is 0 Å². The van der Waals surface area contributed by atoms with Crippen molar-refractivity contribution in [1.82, 2.24) is 10.2 Å². The van der Waals surface area contributed by atoms with Gasteiger partial charge in [-0.3, -0.25) is 9.69 Å². The second-order valence-electron chi connectivity index (χ2n) is 6.57. The van der Waals surface area contributed by atoms with E-state index < -0.39 is 0 Å². The lowest BCUT2D eigenvalue weighted by atomic mass is 10.1. The maximum absolute atomic E-state index is 12.0. The third-order valence-corrected chi connectivity index (χ3v) is 4.20. The molecule has 1 aliphatic heterocycles. The first kappa shape index (κ1) is 14.4. The number of hydrogen-bond acceptors (Lipinski definition) is 3. The summed E-state index contributed by atoms with van der Waals surface area (Å²) >= 11 is 0. The van der Waals surface area contributed by atoms with E-state index in [9.17, 15) is 4.79 Å². The van der Waals surface area contributed by atoms with E-state index in [4.69, 9.17) is 0 Å². The fraction of sp³-hybridized carbons (Fsp3) is 0.588. The van der Waals surface area contributed by atoms with Crippen molar-refractivity contribution in [3.05, 3.63) is 29.8 Å². The third-order valence-electron chi connectivity index (χ3n) is 4.20. The molecule has 2 fully saturated rings. The zero-order valence-corrected chi connectivity index (χ0v) is 12.9. The number of amides is 1. The number of carbonyl (C=O) groups is 1. The predicted molar refractivity (Wildman–Crippen MR) is 85.7 cm³/mol. The summed E-state index contributed by atoms with van der Waals surface area (Å²) in [6.45, 7) is 6.29. The van der Waals surface area contributed by atoms with Crippen LogP contribution < -0.4 is 10.6 Å². The molecule has 1 unspecified atom stereocenters. The average molecular weight is 287 g/mol. The smallest absolute Gasteiger partial charge is 0.251 e. The summed E-state index contributed by atoms with van der Waals surface area (Å²) in [5.74, 6) is -0.000297. The lowest BCUT2D eigenvalue weighted by molar-refractivity contribution is 0.0943. The normalized spacial score (nSPS) is 22.5. The van der Waals surface area contributed by atoms with Gasteiger partial charge in [0.25, 0.3) is 5.91 Å². The monoisotopic (exact) mass is 287 g/mol. The summed E-state index contributed by atoms with van der Waals surface area (Å²) in [6.07, 6.45) is 3.94. The maximum atomic E-state index is 12.0. The van der Waals surface area contributed by atoms with Gasteiger partial charge in [-0.25, -0.2) is 0 Å². The predicted octanol–water partition coefficient (Wildman–Crippen LogP) is 2.47. The van der Waals surface area contributed by atoms with E-state index in [0.717, 1.165) is 23.8 Å². The SMILES string of the molecule is CC(C)NC(=O)c1cccc(NC2CCN(C3CC3)C2)c1. The van der Waals surface area contributed by atoms with E-state index in [0.29, 0.717) is 6.04 Å². The Morgan fingerprint density at radius 2 is 2.10 bits per heavy atom. The molecule has 1 atom stereocenters. The zero-order chi connectivity index (χ0) is 14.8. The first-order chi connectivity index (χ1) is 10.1. The van der Waals surface area contributed by atoms with Crippen LogP contribution in [0, 0.1) is 0 Å². The molecule has 3 rings (SSSR count). The number of benzene rings is 1. The highest BCUT2D eigenvalue weighted by Crippen LogP contribution is 2.30. The Labute approximate surface area is 126 Å². The zero-order valence-electron chi connectivity index (χ0n) is 12.9. The molecule has 1 amide bonds. The molecule has 1 aliphatic carbocycles. The second-order valence-corrected chi connectivity index (χ2v) is 6.57. The van der Waals surface area contributed by atoms with Gasteiger partial charge < -0.3 is 10.6 Å². The van der Waals surface area contributed by atoms with Crippen LogP contribution in [0.1, 0.15) is 43.5 Å². The Hall–Kier alpha value is -1.55. The summed E-state index contributed by atoms with van der Waals surface area (Å²) in [6, 6.07) is 9.34. The van der Waals surface area contributed by atoms with Crippen molar-refractivity contribution >= 4 is 11.6 Å². The van der Waals surface area contributed by atoms with E-state index >= 15 is 0 Å². The number of nitrogens with zero attached hydrogens (tertiary/aromatic N) is 1. The fourth-order valence-electron chi connectivity index (χ4n) is 3.01. The van der Waals surface area contributed by atoms with Crippen LogP contribution in [0.25, 0.3) is 0 Å². The first-order valence-electron chi connectivity index (χ1n) is 8.03. The van der Waals surface area contributed by atoms with Gasteiger partial charge in [-0.2, -0.15) is 0 Å². The molecular formula is C17H25N3O. The number of carbonyl (C=O) groups excluding carboxylic acids is 1. The largest absolute Gasteiger partial charge is 0.381 e. The van der Waals surface area contributed by atoms with Crippen LogP contribution in [0.2, 0.25) is 0 Å². The van der Waals surface area contributed by atoms with Crippen molar-refractivity contribution in [2.45, 2.75) is 51.2 Å². The molecular weight excluding hydrogens is 262 g/mol. The van der Waals surface area contributed by atoms with Crippen LogP contribution in [0.3, 0.4) is 0 Å². The molecule has 0 bridgehead atoms. The standard InChI is InChI=1S/C17H25N3O/c1-12(2)18-17(21)13-4-3-5-14(10-13)19-15-8-9-20(11-15)16-6-7-16/h3-5,10,12,15-16,19H,6-9,11H2,1-2H3,(H,18,21). The van der Waals surface area contributed by atoms with Crippen LogP contribution in [0.4, 0.5) is 5.69 Å². The summed E-state index contributed by atoms with van der Waals surface area (Å²) in [4.78, 5) is 14.6. The fourth-order valence-corrected chi connectivity index (χ4v) is 3.01. The molecule has 4 heteroatoms. The molecule has 2 aliphatic rings. The van der Waals surface area contributed by atoms with E-state index in [1.165, 1.54) is 25.8 Å². The maximum Gasteiger partial charge on any atom is 0.251 e. The highest BCUT2D eigenvalue weighted by molar-refractivity contribution is 5.95. The van der Waals surface area contributed by atoms with Crippen molar-refractivity contribution in [3.63, 3.8) is 0 Å². The number of anilines is 1. The van der Waals surface area contributed by atoms with Gasteiger partial charge in [-0.15, -0.1) is 0 Å². The van der Waals surface area contributed by atoms with Crippen molar-refractivity contribution in [3.8, 4) is 0 Å². The van der Waals surface area contributed by atoms with Crippen molar-refractivity contribution in [2.24, 2.45) is 0 Å². The quantitative estimate of drug-likeness (QED) is 0.874. The number of hydrogen-bond donors (Lipinski definition) is 2. The molecule has 21 heavy (non-hydrogen) atoms. The molecule has 0 spiro atoms. The van der Waals surface area contributed by atoms with E-state index in [-0.39, 0.29) is 11.9 Å². The highest BCUT2D eigenvalue weighted by Gasteiger charge is 2.34. The second kappa shape index (κ2) is 6.06. The molecule has 114 valence electrons. The Morgan fingerprint density at radius 3 is 2.81 bits per heavy atom. The minimum atomic E-state index is -0.000297. The molecule has 1 aromatic rings. The average Bonchev–Trinajstić information content (AvgIpc) is 3.19. The van der Waals surface area contributed by atoms with Crippen molar-refractivity contribution in [1.29, 1.82) is 0 Å². The molecule has 1 aromatic carbocycles. The van der Waals surface area contributed by atoms with E-state index in [2.05, 4.69) is 15.5 Å². The van der Waals surface area contributed by atoms with Crippen LogP contribution >= 0.6 is 0 Å². The van der Waals surface area contributed by atoms with Gasteiger partial charge in [0.2, 0.25) is 0 Å². The van der Waals surface area contributed by atoms with Crippen molar-refractivity contribution in [2.75, 3.05) is 18.4 Å². The van der Waals surface area contributed by atoms with Gasteiger partial charge in [0.1, 0.15) is 0 Å². The van der Waals surface area contributed by atoms with Crippen LogP contribution in [0.15, 0.2) is 24.3 Å². The Balaban J connectivity index is 1.59. The number of rotatable bonds is 5. The van der Waals surface area contributed by atoms with Crippen LogP contribution in [0.5, 0.6) is 0 Å². The van der Waals surface area contributed by atoms with E-state index in [1.54, 1.807) is 0 Å². The highest BCUT2D eigenvalue weighted by atomic mass is 16.1. The molecule has 1 saturated heterocycles. The summed E-state index contributed by atoms with van der Waals surface area (Å²) in [5.41, 5.74) is 1.78. The molecule has 4 nitrogen and oxygen atoms in total. The lowest BCUT2D eigenvalue weighted by Crippen LogP contribution is -2.30. The number of nitrogens with one attached hydrogen (secondary N) is 2. The summed E-state index contributed by atoms with van der Waals surface area (Å²) < 4.78 is 0.